The number of alkyl halides is 2. The van der Waals surface area contributed by atoms with Gasteiger partial charge in [0.1, 0.15) is 11.6 Å². The summed E-state index contributed by atoms with van der Waals surface area (Å²) >= 11 is 0. The van der Waals surface area contributed by atoms with Crippen LogP contribution in [-0.4, -0.2) is 29.0 Å². The van der Waals surface area contributed by atoms with Gasteiger partial charge >= 0.3 is 6.55 Å². The number of carbonyl (C=O) groups excluding carboxylic acids is 1. The average Bonchev–Trinajstić information content (AvgIpc) is 2.90. The highest BCUT2D eigenvalue weighted by Gasteiger charge is 2.20. The highest BCUT2D eigenvalue weighted by molar-refractivity contribution is 5.79. The molecule has 1 aliphatic heterocycles. The number of nitrogens with zero attached hydrogens (tertiary/aromatic N) is 2. The van der Waals surface area contributed by atoms with Gasteiger partial charge in [-0.3, -0.25) is 4.79 Å². The van der Waals surface area contributed by atoms with Crippen molar-refractivity contribution < 1.29 is 27.4 Å². The van der Waals surface area contributed by atoms with Crippen LogP contribution in [0, 0.1) is 19.7 Å². The zero-order valence-corrected chi connectivity index (χ0v) is 15.0. The third kappa shape index (κ3) is 4.24. The molecule has 2 heterocycles. The SMILES string of the molecule is Cc1nn(C(F)F)c(C)c1CC(=O)NCCc1cc(F)cc2c1OCOC2. The first kappa shape index (κ1) is 19.2. The molecule has 0 spiro atoms. The topological polar surface area (TPSA) is 65.4 Å². The van der Waals surface area contributed by atoms with Crippen molar-refractivity contribution in [2.45, 2.75) is 39.8 Å². The lowest BCUT2D eigenvalue weighted by atomic mass is 10.1. The number of aryl methyl sites for hydroxylation is 1. The van der Waals surface area contributed by atoms with Crippen LogP contribution in [0.15, 0.2) is 12.1 Å². The molecule has 9 heteroatoms. The summed E-state index contributed by atoms with van der Waals surface area (Å²) in [5.74, 6) is -0.124. The van der Waals surface area contributed by atoms with Crippen molar-refractivity contribution >= 4 is 5.91 Å². The number of halogens is 3. The molecule has 0 atom stereocenters. The number of carbonyl (C=O) groups is 1. The summed E-state index contributed by atoms with van der Waals surface area (Å²) in [4.78, 5) is 12.2. The second-order valence-electron chi connectivity index (χ2n) is 6.31. The van der Waals surface area contributed by atoms with Gasteiger partial charge in [-0.25, -0.2) is 9.07 Å². The molecule has 3 rings (SSSR count). The van der Waals surface area contributed by atoms with E-state index in [4.69, 9.17) is 9.47 Å². The Morgan fingerprint density at radius 3 is 2.85 bits per heavy atom. The van der Waals surface area contributed by atoms with Gasteiger partial charge in [0.05, 0.1) is 18.7 Å². The first-order valence-electron chi connectivity index (χ1n) is 8.48. The summed E-state index contributed by atoms with van der Waals surface area (Å²) in [5, 5.41) is 6.49. The Labute approximate surface area is 154 Å². The molecule has 0 radical (unpaired) electrons. The number of ether oxygens (including phenoxy) is 2. The van der Waals surface area contributed by atoms with E-state index in [2.05, 4.69) is 10.4 Å². The van der Waals surface area contributed by atoms with Crippen LogP contribution in [0.5, 0.6) is 5.75 Å². The van der Waals surface area contributed by atoms with Crippen LogP contribution < -0.4 is 10.1 Å². The lowest BCUT2D eigenvalue weighted by molar-refractivity contribution is -0.120. The normalized spacial score (nSPS) is 13.4. The zero-order valence-electron chi connectivity index (χ0n) is 15.0. The van der Waals surface area contributed by atoms with E-state index in [1.54, 1.807) is 6.92 Å². The van der Waals surface area contributed by atoms with Crippen LogP contribution in [0.1, 0.15) is 34.6 Å². The van der Waals surface area contributed by atoms with Crippen molar-refractivity contribution in [2.75, 3.05) is 13.3 Å². The number of hydrogen-bond acceptors (Lipinski definition) is 4. The van der Waals surface area contributed by atoms with Crippen molar-refractivity contribution in [3.63, 3.8) is 0 Å². The molecule has 1 aromatic heterocycles. The van der Waals surface area contributed by atoms with Gasteiger partial charge in [0.2, 0.25) is 5.91 Å². The van der Waals surface area contributed by atoms with E-state index in [0.717, 1.165) is 0 Å². The van der Waals surface area contributed by atoms with Crippen LogP contribution >= 0.6 is 0 Å². The Morgan fingerprint density at radius 2 is 2.15 bits per heavy atom. The summed E-state index contributed by atoms with van der Waals surface area (Å²) in [6, 6.07) is 2.74. The maximum absolute atomic E-state index is 13.7. The zero-order chi connectivity index (χ0) is 19.6. The molecule has 0 aliphatic carbocycles. The van der Waals surface area contributed by atoms with Crippen LogP contribution in [0.4, 0.5) is 13.2 Å². The monoisotopic (exact) mass is 383 g/mol. The van der Waals surface area contributed by atoms with E-state index < -0.39 is 12.4 Å². The van der Waals surface area contributed by atoms with Gasteiger partial charge in [-0.15, -0.1) is 0 Å². The lowest BCUT2D eigenvalue weighted by Gasteiger charge is -2.21. The van der Waals surface area contributed by atoms with Crippen molar-refractivity contribution in [1.29, 1.82) is 0 Å². The van der Waals surface area contributed by atoms with Crippen LogP contribution in [-0.2, 0) is 29.0 Å². The molecule has 0 fully saturated rings. The van der Waals surface area contributed by atoms with Crippen molar-refractivity contribution in [2.24, 2.45) is 0 Å². The second kappa shape index (κ2) is 7.99. The van der Waals surface area contributed by atoms with Gasteiger partial charge < -0.3 is 14.8 Å². The van der Waals surface area contributed by atoms with Gasteiger partial charge in [0.25, 0.3) is 0 Å². The largest absolute Gasteiger partial charge is 0.467 e. The van der Waals surface area contributed by atoms with Gasteiger partial charge in [-0.05, 0) is 38.0 Å². The minimum atomic E-state index is -2.75. The molecular formula is C18H20F3N3O3. The van der Waals surface area contributed by atoms with E-state index in [1.165, 1.54) is 19.1 Å². The van der Waals surface area contributed by atoms with E-state index in [-0.39, 0.29) is 38.0 Å². The Hall–Kier alpha value is -2.55. The Balaban J connectivity index is 1.60. The standard InChI is InChI=1S/C18H20F3N3O3/c1-10-15(11(2)24(23-10)18(20)21)7-16(25)22-4-3-12-5-14(19)6-13-8-26-9-27-17(12)13/h5-6,18H,3-4,7-9H2,1-2H3,(H,22,25). The van der Waals surface area contributed by atoms with Gasteiger partial charge in [-0.2, -0.15) is 13.9 Å². The first-order valence-corrected chi connectivity index (χ1v) is 8.48. The summed E-state index contributed by atoms with van der Waals surface area (Å²) in [5.41, 5.74) is 2.43. The quantitative estimate of drug-likeness (QED) is 0.833. The minimum absolute atomic E-state index is 0.0457. The fraction of sp³-hybridized carbons (Fsp3) is 0.444. The number of aromatic nitrogens is 2. The summed E-state index contributed by atoms with van der Waals surface area (Å²) in [6.07, 6.45) is 0.329. The number of amides is 1. The molecule has 1 N–H and O–H groups in total. The van der Waals surface area contributed by atoms with Crippen LogP contribution in [0.3, 0.4) is 0 Å². The Bertz CT molecular complexity index is 852. The molecule has 1 aromatic carbocycles. The predicted molar refractivity (Wildman–Crippen MR) is 90.1 cm³/mol. The number of nitrogens with one attached hydrogen (secondary N) is 1. The first-order chi connectivity index (χ1) is 12.9. The number of rotatable bonds is 6. The molecule has 0 unspecified atom stereocenters. The molecule has 1 aliphatic rings. The number of hydrogen-bond donors (Lipinski definition) is 1. The third-order valence-electron chi connectivity index (χ3n) is 4.47. The van der Waals surface area contributed by atoms with E-state index in [1.807, 2.05) is 0 Å². The third-order valence-corrected chi connectivity index (χ3v) is 4.47. The van der Waals surface area contributed by atoms with E-state index in [0.29, 0.717) is 39.2 Å². The molecular weight excluding hydrogens is 363 g/mol. The fourth-order valence-electron chi connectivity index (χ4n) is 3.14. The highest BCUT2D eigenvalue weighted by Crippen LogP contribution is 2.29. The Morgan fingerprint density at radius 1 is 1.37 bits per heavy atom. The number of fused-ring (bicyclic) bond motifs is 1. The number of benzene rings is 1. The van der Waals surface area contributed by atoms with Gasteiger partial charge in [0.15, 0.2) is 6.79 Å². The molecule has 0 saturated heterocycles. The minimum Gasteiger partial charge on any atom is -0.467 e. The smallest absolute Gasteiger partial charge is 0.333 e. The second-order valence-corrected chi connectivity index (χ2v) is 6.31. The van der Waals surface area contributed by atoms with Crippen LogP contribution in [0.25, 0.3) is 0 Å². The van der Waals surface area contributed by atoms with E-state index >= 15 is 0 Å². The maximum Gasteiger partial charge on any atom is 0.333 e. The van der Waals surface area contributed by atoms with Gasteiger partial charge in [0, 0.05) is 23.4 Å². The summed E-state index contributed by atoms with van der Waals surface area (Å²) < 4.78 is 50.6. The fourth-order valence-corrected chi connectivity index (χ4v) is 3.14. The average molecular weight is 383 g/mol. The molecule has 0 saturated carbocycles. The summed E-state index contributed by atoms with van der Waals surface area (Å²) in [6.45, 7) is 0.993. The Kier molecular flexibility index (Phi) is 5.69. The van der Waals surface area contributed by atoms with Crippen molar-refractivity contribution in [3.05, 3.63) is 46.0 Å². The highest BCUT2D eigenvalue weighted by atomic mass is 19.3. The van der Waals surface area contributed by atoms with E-state index in [9.17, 15) is 18.0 Å². The maximum atomic E-state index is 13.7. The molecule has 1 amide bonds. The molecule has 2 aromatic rings. The van der Waals surface area contributed by atoms with Crippen LogP contribution in [0.2, 0.25) is 0 Å². The summed E-state index contributed by atoms with van der Waals surface area (Å²) in [7, 11) is 0. The van der Waals surface area contributed by atoms with Crippen molar-refractivity contribution in [3.8, 4) is 5.75 Å². The van der Waals surface area contributed by atoms with Crippen molar-refractivity contribution in [1.82, 2.24) is 15.1 Å². The lowest BCUT2D eigenvalue weighted by Crippen LogP contribution is -2.28. The van der Waals surface area contributed by atoms with Gasteiger partial charge in [-0.1, -0.05) is 0 Å². The molecule has 6 nitrogen and oxygen atoms in total. The molecule has 27 heavy (non-hydrogen) atoms. The molecule has 146 valence electrons. The predicted octanol–water partition coefficient (Wildman–Crippen LogP) is 2.80. The molecule has 0 bridgehead atoms.